The molecule has 6 nitrogen and oxygen atoms in total. The van der Waals surface area contributed by atoms with Crippen molar-refractivity contribution in [1.29, 1.82) is 5.16 Å². The molecule has 0 bridgehead atoms. The summed E-state index contributed by atoms with van der Waals surface area (Å²) in [5.74, 6) is 0. The SMILES string of the molecule is CCN(CC)P(C)(=N)N(CC)CC.CCN(CC)[P+](C)(N)N(CC)CC.ClP(Cl)(Cl)(Cl)Cl.[Cl-]. The Morgan fingerprint density at radius 2 is 0.848 bits per heavy atom. The molecule has 0 amide bonds. The van der Waals surface area contributed by atoms with E-state index in [2.05, 4.69) is 87.4 Å². The molecular formula is C18H49Cl6N6P3. The van der Waals surface area contributed by atoms with E-state index in [1.165, 1.54) is 0 Å². The van der Waals surface area contributed by atoms with Gasteiger partial charge in [-0.05, 0) is 34.4 Å². The fourth-order valence-corrected chi connectivity index (χ4v) is 8.71. The van der Waals surface area contributed by atoms with Crippen LogP contribution in [-0.4, -0.2) is 84.4 Å². The van der Waals surface area contributed by atoms with Gasteiger partial charge in [0.1, 0.15) is 0 Å². The van der Waals surface area contributed by atoms with Gasteiger partial charge in [0, 0.05) is 52.4 Å². The van der Waals surface area contributed by atoms with E-state index >= 15 is 0 Å². The first-order valence-electron chi connectivity index (χ1n) is 11.2. The van der Waals surface area contributed by atoms with Crippen LogP contribution in [0.3, 0.4) is 0 Å². The molecule has 15 heteroatoms. The van der Waals surface area contributed by atoms with Crippen LogP contribution in [0.25, 0.3) is 0 Å². The number of rotatable bonds is 12. The quantitative estimate of drug-likeness (QED) is 0.244. The first-order chi connectivity index (χ1) is 14.3. The van der Waals surface area contributed by atoms with E-state index in [1.54, 1.807) is 0 Å². The first kappa shape index (κ1) is 42.7. The van der Waals surface area contributed by atoms with E-state index in [1.807, 2.05) is 0 Å². The molecule has 0 rings (SSSR count). The van der Waals surface area contributed by atoms with Crippen molar-refractivity contribution in [2.24, 2.45) is 5.50 Å². The Kier molecular flexibility index (Phi) is 25.4. The smallest absolute Gasteiger partial charge is 1.00 e. The molecule has 0 fully saturated rings. The molecule has 0 aliphatic rings. The van der Waals surface area contributed by atoms with Crippen molar-refractivity contribution in [3.63, 3.8) is 0 Å². The van der Waals surface area contributed by atoms with E-state index in [4.69, 9.17) is 66.9 Å². The van der Waals surface area contributed by atoms with E-state index in [0.29, 0.717) is 0 Å². The van der Waals surface area contributed by atoms with Crippen LogP contribution in [-0.2, 0) is 0 Å². The molecule has 33 heavy (non-hydrogen) atoms. The minimum absolute atomic E-state index is 0. The number of hydrogen-bond acceptors (Lipinski definition) is 4. The Labute approximate surface area is 236 Å². The third-order valence-electron chi connectivity index (χ3n) is 5.17. The number of nitrogens with two attached hydrogens (primary N) is 1. The molecule has 0 unspecified atom stereocenters. The molecule has 0 aliphatic carbocycles. The number of hydrogen-bond donors (Lipinski definition) is 2. The second kappa shape index (κ2) is 19.7. The van der Waals surface area contributed by atoms with Crippen LogP contribution in [0.15, 0.2) is 0 Å². The van der Waals surface area contributed by atoms with Gasteiger partial charge in [0.15, 0.2) is 0 Å². The molecule has 0 aromatic heterocycles. The maximum absolute atomic E-state index is 8.40. The Morgan fingerprint density at radius 1 is 0.667 bits per heavy atom. The Hall–Kier alpha value is 2.63. The van der Waals surface area contributed by atoms with Crippen LogP contribution in [0.4, 0.5) is 0 Å². The van der Waals surface area contributed by atoms with Gasteiger partial charge in [0.05, 0.1) is 14.0 Å². The van der Waals surface area contributed by atoms with Crippen LogP contribution < -0.4 is 17.9 Å². The average Bonchev–Trinajstić information content (AvgIpc) is 2.63. The Balaban J connectivity index is -0.000000201. The maximum atomic E-state index is 8.40. The monoisotopic (exact) mass is 652 g/mol. The number of nitrogens with zero attached hydrogens (tertiary/aromatic N) is 4. The van der Waals surface area contributed by atoms with Crippen molar-refractivity contribution in [3.05, 3.63) is 0 Å². The van der Waals surface area contributed by atoms with Crippen molar-refractivity contribution in [2.45, 2.75) is 55.4 Å². The van der Waals surface area contributed by atoms with Gasteiger partial charge in [0.2, 0.25) is 7.71 Å². The second-order valence-electron chi connectivity index (χ2n) is 7.09. The summed E-state index contributed by atoms with van der Waals surface area (Å²) in [6.45, 7) is 29.7. The molecule has 0 atom stereocenters. The van der Waals surface area contributed by atoms with Gasteiger partial charge < -0.3 is 12.4 Å². The van der Waals surface area contributed by atoms with Crippen LogP contribution in [0.2, 0.25) is 0 Å². The summed E-state index contributed by atoms with van der Waals surface area (Å²) >= 11 is 24.9. The van der Waals surface area contributed by atoms with Crippen LogP contribution in [0.5, 0.6) is 0 Å². The average molecular weight is 655 g/mol. The van der Waals surface area contributed by atoms with Crippen molar-refractivity contribution in [3.8, 4) is 0 Å². The molecule has 0 aliphatic heterocycles. The molecule has 0 saturated carbocycles. The normalized spacial score (nSPS) is 13.6. The predicted octanol–water partition coefficient (Wildman–Crippen LogP) is 6.24. The standard InChI is InChI=1S/C9H25N3P.C9H24N3P.Cl5P.ClH/c2*1-6-11(7-2)13(5,10)12(8-3)9-4;1-6(2,3,4)5;/h6-10H2,1-5H3;10H,6-9H2,1-5H3;;1H/q+1;;;/p-1. The third kappa shape index (κ3) is 20.3. The summed E-state index contributed by atoms with van der Waals surface area (Å²) in [6.07, 6.45) is 0. The molecule has 0 radical (unpaired) electrons. The first-order valence-corrected chi connectivity index (χ1v) is 22.3. The largest absolute Gasteiger partial charge is 1.00 e. The fraction of sp³-hybridized carbons (Fsp3) is 1.00. The number of halogens is 6. The summed E-state index contributed by atoms with van der Waals surface area (Å²) in [4.78, 5) is 0. The van der Waals surface area contributed by atoms with Gasteiger partial charge in [0.25, 0.3) is 0 Å². The third-order valence-corrected chi connectivity index (χ3v) is 11.9. The van der Waals surface area contributed by atoms with Gasteiger partial charge >= 0.3 is 59.6 Å². The zero-order chi connectivity index (χ0) is 26.4. The zero-order valence-corrected chi connectivity index (χ0v) is 29.4. The molecular weight excluding hydrogens is 606 g/mol. The van der Waals surface area contributed by atoms with Crippen molar-refractivity contribution >= 4 is 74.6 Å². The van der Waals surface area contributed by atoms with E-state index in [0.717, 1.165) is 52.4 Å². The zero-order valence-electron chi connectivity index (χ0n) is 22.1. The van der Waals surface area contributed by atoms with Gasteiger partial charge in [-0.25, -0.2) is 0 Å². The molecule has 0 spiro atoms. The van der Waals surface area contributed by atoms with E-state index in [-0.39, 0.29) is 12.4 Å². The summed E-state index contributed by atoms with van der Waals surface area (Å²) in [5.41, 5.74) is 6.41. The van der Waals surface area contributed by atoms with E-state index < -0.39 is 18.4 Å². The Morgan fingerprint density at radius 3 is 0.970 bits per heavy atom. The molecule has 3 N–H and O–H groups in total. The van der Waals surface area contributed by atoms with Crippen molar-refractivity contribution < 1.29 is 12.4 Å². The fourth-order valence-electron chi connectivity index (χ4n) is 3.50. The minimum atomic E-state index is -3.69. The summed E-state index contributed by atoms with van der Waals surface area (Å²) in [5, 5.41) is 8.40. The molecule has 0 saturated heterocycles. The summed E-state index contributed by atoms with van der Waals surface area (Å²) < 4.78 is 5.64. The molecule has 0 aromatic rings. The number of nitrogens with one attached hydrogen (secondary N) is 1. The van der Waals surface area contributed by atoms with Gasteiger partial charge in [-0.3, -0.25) is 14.5 Å². The Bertz CT molecular complexity index is 475. The van der Waals surface area contributed by atoms with E-state index in [9.17, 15) is 0 Å². The predicted molar refractivity (Wildman–Crippen MR) is 160 cm³/mol. The van der Waals surface area contributed by atoms with Gasteiger partial charge in [-0.1, -0.05) is 27.7 Å². The summed E-state index contributed by atoms with van der Waals surface area (Å²) in [6, 6.07) is 0. The molecule has 0 aromatic carbocycles. The minimum Gasteiger partial charge on any atom is -1.00 e. The van der Waals surface area contributed by atoms with Crippen LogP contribution in [0, 0.1) is 5.16 Å². The van der Waals surface area contributed by atoms with Crippen LogP contribution in [0.1, 0.15) is 55.4 Å². The second-order valence-corrected chi connectivity index (χ2v) is 29.7. The van der Waals surface area contributed by atoms with Gasteiger partial charge in [-0.15, -0.1) is 9.34 Å². The maximum Gasteiger partial charge on any atom is -1.00 e. The summed E-state index contributed by atoms with van der Waals surface area (Å²) in [7, 11) is -3.24. The topological polar surface area (TPSA) is 62.8 Å². The van der Waals surface area contributed by atoms with Crippen molar-refractivity contribution in [2.75, 3.05) is 65.7 Å². The van der Waals surface area contributed by atoms with Gasteiger partial charge in [-0.2, -0.15) is 5.50 Å². The van der Waals surface area contributed by atoms with Crippen molar-refractivity contribution in [1.82, 2.24) is 18.7 Å². The molecule has 208 valence electrons. The molecule has 0 heterocycles. The van der Waals surface area contributed by atoms with Crippen LogP contribution >= 0.6 is 74.6 Å².